The largest absolute Gasteiger partial charge is 0.477 e. The summed E-state index contributed by atoms with van der Waals surface area (Å²) in [5.41, 5.74) is 3.81. The van der Waals surface area contributed by atoms with Gasteiger partial charge in [0.15, 0.2) is 0 Å². The SMILES string of the molecule is CCC(=O)OCCCCCCCCCCOc1nccc2oc(=O)c(-c3cc(C)ccc3CC)cc12. The normalized spacial score (nSPS) is 11.1. The maximum Gasteiger partial charge on any atom is 0.344 e. The van der Waals surface area contributed by atoms with Crippen LogP contribution in [0.1, 0.15) is 82.8 Å². The second kappa shape index (κ2) is 14.4. The Balaban J connectivity index is 1.48. The summed E-state index contributed by atoms with van der Waals surface area (Å²) in [6, 6.07) is 9.74. The minimum Gasteiger partial charge on any atom is -0.477 e. The van der Waals surface area contributed by atoms with Crippen LogP contribution in [0.2, 0.25) is 0 Å². The zero-order chi connectivity index (χ0) is 25.8. The highest BCUT2D eigenvalue weighted by molar-refractivity contribution is 5.86. The van der Waals surface area contributed by atoms with Crippen molar-refractivity contribution in [2.45, 2.75) is 85.0 Å². The summed E-state index contributed by atoms with van der Waals surface area (Å²) in [4.78, 5) is 28.3. The zero-order valence-electron chi connectivity index (χ0n) is 21.9. The number of unbranched alkanes of at least 4 members (excludes halogenated alkanes) is 7. The van der Waals surface area contributed by atoms with E-state index in [1.807, 2.05) is 26.0 Å². The molecule has 0 aliphatic rings. The number of hydrogen-bond donors (Lipinski definition) is 0. The van der Waals surface area contributed by atoms with Crippen molar-refractivity contribution >= 4 is 16.9 Å². The molecule has 0 aliphatic heterocycles. The molecule has 6 nitrogen and oxygen atoms in total. The van der Waals surface area contributed by atoms with Crippen molar-refractivity contribution in [2.24, 2.45) is 0 Å². The molecular weight excluding hydrogens is 454 g/mol. The van der Waals surface area contributed by atoms with Crippen LogP contribution in [0, 0.1) is 6.92 Å². The van der Waals surface area contributed by atoms with Gasteiger partial charge in [0.2, 0.25) is 5.88 Å². The molecule has 2 aromatic heterocycles. The number of rotatable bonds is 15. The van der Waals surface area contributed by atoms with Gasteiger partial charge in [-0.15, -0.1) is 0 Å². The standard InChI is InChI=1S/C30H39NO5/c1-4-23-15-14-22(3)20-24(23)25-21-26-27(36-30(25)33)16-17-31-29(26)35-19-13-11-9-7-6-8-10-12-18-34-28(32)5-2/h14-17,20-21H,4-13,18-19H2,1-3H3. The van der Waals surface area contributed by atoms with E-state index in [4.69, 9.17) is 13.9 Å². The van der Waals surface area contributed by atoms with Gasteiger partial charge in [-0.2, -0.15) is 0 Å². The van der Waals surface area contributed by atoms with E-state index >= 15 is 0 Å². The predicted octanol–water partition coefficient (Wildman–Crippen LogP) is 7.18. The fraction of sp³-hybridized carbons (Fsp3) is 0.500. The highest BCUT2D eigenvalue weighted by Gasteiger charge is 2.14. The highest BCUT2D eigenvalue weighted by Crippen LogP contribution is 2.29. The summed E-state index contributed by atoms with van der Waals surface area (Å²) in [5, 5.41) is 0.722. The summed E-state index contributed by atoms with van der Waals surface area (Å²) >= 11 is 0. The number of ether oxygens (including phenoxy) is 2. The van der Waals surface area contributed by atoms with Gasteiger partial charge >= 0.3 is 11.6 Å². The molecule has 0 aliphatic carbocycles. The third kappa shape index (κ3) is 7.94. The van der Waals surface area contributed by atoms with Gasteiger partial charge in [-0.05, 0) is 43.4 Å². The van der Waals surface area contributed by atoms with Crippen molar-refractivity contribution in [3.63, 3.8) is 0 Å². The molecule has 0 saturated carbocycles. The van der Waals surface area contributed by atoms with E-state index in [9.17, 15) is 9.59 Å². The van der Waals surface area contributed by atoms with Crippen LogP contribution in [0.3, 0.4) is 0 Å². The molecular formula is C30H39NO5. The number of aryl methyl sites for hydroxylation is 2. The van der Waals surface area contributed by atoms with Gasteiger partial charge in [-0.25, -0.2) is 9.78 Å². The second-order valence-electron chi connectivity index (χ2n) is 9.24. The van der Waals surface area contributed by atoms with E-state index in [0.717, 1.165) is 54.2 Å². The van der Waals surface area contributed by atoms with Crippen molar-refractivity contribution in [3.8, 4) is 17.0 Å². The number of aromatic nitrogens is 1. The fourth-order valence-electron chi connectivity index (χ4n) is 4.29. The van der Waals surface area contributed by atoms with Crippen LogP contribution < -0.4 is 10.4 Å². The van der Waals surface area contributed by atoms with E-state index < -0.39 is 0 Å². The van der Waals surface area contributed by atoms with Crippen LogP contribution in [-0.4, -0.2) is 24.2 Å². The second-order valence-corrected chi connectivity index (χ2v) is 9.24. The lowest BCUT2D eigenvalue weighted by atomic mass is 9.97. The molecule has 0 saturated heterocycles. The topological polar surface area (TPSA) is 78.6 Å². The molecule has 0 spiro atoms. The van der Waals surface area contributed by atoms with Gasteiger partial charge in [0, 0.05) is 18.7 Å². The molecule has 3 aromatic rings. The lowest BCUT2D eigenvalue weighted by molar-refractivity contribution is -0.143. The minimum absolute atomic E-state index is 0.113. The predicted molar refractivity (Wildman–Crippen MR) is 144 cm³/mol. The van der Waals surface area contributed by atoms with Gasteiger partial charge in [0.1, 0.15) is 5.58 Å². The van der Waals surface area contributed by atoms with Crippen LogP contribution in [0.5, 0.6) is 5.88 Å². The number of esters is 1. The van der Waals surface area contributed by atoms with E-state index in [2.05, 4.69) is 24.0 Å². The van der Waals surface area contributed by atoms with Crippen LogP contribution >= 0.6 is 0 Å². The van der Waals surface area contributed by atoms with Crippen LogP contribution in [0.4, 0.5) is 0 Å². The Morgan fingerprint density at radius 2 is 1.58 bits per heavy atom. The highest BCUT2D eigenvalue weighted by atomic mass is 16.5. The first-order valence-corrected chi connectivity index (χ1v) is 13.3. The van der Waals surface area contributed by atoms with Gasteiger partial charge in [0.25, 0.3) is 0 Å². The number of carbonyl (C=O) groups is 1. The molecule has 194 valence electrons. The summed E-state index contributed by atoms with van der Waals surface area (Å²) in [6.07, 6.45) is 11.7. The smallest absolute Gasteiger partial charge is 0.344 e. The Bertz CT molecular complexity index is 1180. The van der Waals surface area contributed by atoms with Crippen LogP contribution in [0.25, 0.3) is 22.1 Å². The first-order valence-electron chi connectivity index (χ1n) is 13.3. The molecule has 0 fully saturated rings. The molecule has 36 heavy (non-hydrogen) atoms. The maximum atomic E-state index is 12.8. The van der Waals surface area contributed by atoms with E-state index in [1.54, 1.807) is 12.3 Å². The van der Waals surface area contributed by atoms with Crippen molar-refractivity contribution < 1.29 is 18.7 Å². The monoisotopic (exact) mass is 493 g/mol. The third-order valence-electron chi connectivity index (χ3n) is 6.39. The molecule has 0 amide bonds. The Hall–Kier alpha value is -3.15. The van der Waals surface area contributed by atoms with E-state index in [0.29, 0.717) is 36.7 Å². The fourth-order valence-corrected chi connectivity index (χ4v) is 4.29. The Morgan fingerprint density at radius 3 is 2.28 bits per heavy atom. The molecule has 0 bridgehead atoms. The van der Waals surface area contributed by atoms with E-state index in [1.165, 1.54) is 25.7 Å². The first-order chi connectivity index (χ1) is 17.5. The molecule has 1 aromatic carbocycles. The first kappa shape index (κ1) is 27.4. The van der Waals surface area contributed by atoms with Gasteiger partial charge in [-0.1, -0.05) is 76.1 Å². The minimum atomic E-state index is -0.345. The Kier molecular flexibility index (Phi) is 11.0. The summed E-state index contributed by atoms with van der Waals surface area (Å²) in [6.45, 7) is 7.04. The molecule has 6 heteroatoms. The number of carbonyl (C=O) groups excluding carboxylic acids is 1. The number of pyridine rings is 1. The summed E-state index contributed by atoms with van der Waals surface area (Å²) in [7, 11) is 0. The summed E-state index contributed by atoms with van der Waals surface area (Å²) < 4.78 is 16.8. The summed E-state index contributed by atoms with van der Waals surface area (Å²) in [5.74, 6) is 0.393. The Labute approximate surface area is 214 Å². The molecule has 0 radical (unpaired) electrons. The van der Waals surface area contributed by atoms with Crippen molar-refractivity contribution in [3.05, 3.63) is 58.1 Å². The molecule has 2 heterocycles. The zero-order valence-corrected chi connectivity index (χ0v) is 21.9. The van der Waals surface area contributed by atoms with Crippen molar-refractivity contribution in [1.82, 2.24) is 4.98 Å². The lowest BCUT2D eigenvalue weighted by Crippen LogP contribution is -2.06. The Morgan fingerprint density at radius 1 is 0.889 bits per heavy atom. The van der Waals surface area contributed by atoms with Gasteiger partial charge in [0.05, 0.1) is 24.2 Å². The van der Waals surface area contributed by atoms with Gasteiger partial charge in [-0.3, -0.25) is 4.79 Å². The molecule has 3 rings (SSSR count). The molecule has 0 N–H and O–H groups in total. The molecule has 0 unspecified atom stereocenters. The lowest BCUT2D eigenvalue weighted by Gasteiger charge is -2.11. The maximum absolute atomic E-state index is 12.8. The third-order valence-corrected chi connectivity index (χ3v) is 6.39. The quantitative estimate of drug-likeness (QED) is 0.165. The number of hydrogen-bond acceptors (Lipinski definition) is 6. The van der Waals surface area contributed by atoms with Crippen molar-refractivity contribution in [1.29, 1.82) is 0 Å². The van der Waals surface area contributed by atoms with E-state index in [-0.39, 0.29) is 11.6 Å². The van der Waals surface area contributed by atoms with Crippen LogP contribution in [0.15, 0.2) is 45.7 Å². The number of nitrogens with zero attached hydrogens (tertiary/aromatic N) is 1. The number of benzene rings is 1. The average molecular weight is 494 g/mol. The van der Waals surface area contributed by atoms with Crippen LogP contribution in [-0.2, 0) is 16.0 Å². The molecule has 0 atom stereocenters. The average Bonchev–Trinajstić information content (AvgIpc) is 2.88. The van der Waals surface area contributed by atoms with Crippen molar-refractivity contribution in [2.75, 3.05) is 13.2 Å². The number of fused-ring (bicyclic) bond motifs is 1. The van der Waals surface area contributed by atoms with Gasteiger partial charge < -0.3 is 13.9 Å².